The molecule has 0 amide bonds. The summed E-state index contributed by atoms with van der Waals surface area (Å²) in [5.74, 6) is 3.59. The molecule has 0 aromatic heterocycles. The minimum Gasteiger partial charge on any atom is -0.493 e. The predicted molar refractivity (Wildman–Crippen MR) is 124 cm³/mol. The Labute approximate surface area is 188 Å². The molecule has 6 nitrogen and oxygen atoms in total. The first-order valence-corrected chi connectivity index (χ1v) is 11.1. The summed E-state index contributed by atoms with van der Waals surface area (Å²) < 4.78 is 29.4. The van der Waals surface area contributed by atoms with E-state index in [2.05, 4.69) is 18.7 Å². The van der Waals surface area contributed by atoms with E-state index in [0.29, 0.717) is 30.3 Å². The van der Waals surface area contributed by atoms with E-state index in [4.69, 9.17) is 29.4 Å². The Bertz CT molecular complexity index is 1040. The lowest BCUT2D eigenvalue weighted by atomic mass is 9.76. The van der Waals surface area contributed by atoms with Crippen LogP contribution in [0.15, 0.2) is 30.3 Å². The van der Waals surface area contributed by atoms with Gasteiger partial charge in [-0.1, -0.05) is 6.07 Å². The first-order chi connectivity index (χ1) is 14.8. The molecule has 0 radical (unpaired) electrons. The van der Waals surface area contributed by atoms with Gasteiger partial charge in [0.25, 0.3) is 0 Å². The maximum absolute atomic E-state index is 6.97. The Morgan fingerprint density at radius 1 is 1.06 bits per heavy atom. The van der Waals surface area contributed by atoms with Crippen molar-refractivity contribution in [2.75, 3.05) is 27.1 Å². The number of fused-ring (bicyclic) bond motifs is 6. The molecule has 3 aliphatic heterocycles. The molecule has 7 heteroatoms. The molecule has 0 spiro atoms. The van der Waals surface area contributed by atoms with E-state index in [-0.39, 0.29) is 11.7 Å². The molecular formula is C24H29NO5S. The normalized spacial score (nSPS) is 23.8. The van der Waals surface area contributed by atoms with Crippen molar-refractivity contribution in [2.45, 2.75) is 37.5 Å². The molecule has 5 rings (SSSR count). The van der Waals surface area contributed by atoms with Crippen molar-refractivity contribution in [3.8, 4) is 28.7 Å². The van der Waals surface area contributed by atoms with E-state index in [1.54, 1.807) is 20.5 Å². The fourth-order valence-corrected chi connectivity index (χ4v) is 4.39. The molecule has 2 atom stereocenters. The number of benzene rings is 2. The minimum absolute atomic E-state index is 0.324. The van der Waals surface area contributed by atoms with Gasteiger partial charge in [-0.25, -0.2) is 0 Å². The average molecular weight is 444 g/mol. The first kappa shape index (κ1) is 21.7. The molecule has 0 bridgehead atoms. The summed E-state index contributed by atoms with van der Waals surface area (Å²) in [4.78, 5) is 0. The zero-order valence-corrected chi connectivity index (χ0v) is 19.4. The lowest BCUT2D eigenvalue weighted by Crippen LogP contribution is -2.59. The van der Waals surface area contributed by atoms with Gasteiger partial charge in [0, 0.05) is 18.1 Å². The van der Waals surface area contributed by atoms with E-state index in [1.807, 2.05) is 44.2 Å². The zero-order chi connectivity index (χ0) is 22.4. The summed E-state index contributed by atoms with van der Waals surface area (Å²) in [6.07, 6.45) is 6.12. The van der Waals surface area contributed by atoms with E-state index < -0.39 is 5.54 Å². The molecule has 2 unspecified atom stereocenters. The van der Waals surface area contributed by atoms with Crippen molar-refractivity contribution in [2.24, 2.45) is 5.73 Å². The lowest BCUT2D eigenvalue weighted by molar-refractivity contribution is 0.0223. The molecule has 0 saturated heterocycles. The monoisotopic (exact) mass is 443 g/mol. The van der Waals surface area contributed by atoms with Gasteiger partial charge in [-0.3, -0.25) is 0 Å². The van der Waals surface area contributed by atoms with E-state index >= 15 is 0 Å². The van der Waals surface area contributed by atoms with Crippen LogP contribution in [0.3, 0.4) is 0 Å². The van der Waals surface area contributed by atoms with Crippen LogP contribution in [0.4, 0.5) is 0 Å². The third kappa shape index (κ3) is 3.49. The number of rotatable bonds is 2. The Hall–Kier alpha value is -2.51. The van der Waals surface area contributed by atoms with Crippen LogP contribution >= 0.6 is 12.6 Å². The summed E-state index contributed by atoms with van der Waals surface area (Å²) in [6.45, 7) is 4.43. The highest BCUT2D eigenvalue weighted by Crippen LogP contribution is 2.50. The van der Waals surface area contributed by atoms with Crippen LogP contribution in [0.1, 0.15) is 30.5 Å². The van der Waals surface area contributed by atoms with Gasteiger partial charge in [0.1, 0.15) is 29.5 Å². The van der Waals surface area contributed by atoms with Gasteiger partial charge in [0.15, 0.2) is 17.6 Å². The van der Waals surface area contributed by atoms with Gasteiger partial charge in [-0.2, -0.15) is 12.6 Å². The molecule has 2 aromatic rings. The fourth-order valence-electron chi connectivity index (χ4n) is 4.39. The van der Waals surface area contributed by atoms with Crippen molar-refractivity contribution >= 4 is 18.7 Å². The molecule has 3 aliphatic rings. The second kappa shape index (κ2) is 7.88. The van der Waals surface area contributed by atoms with Crippen LogP contribution in [-0.4, -0.2) is 38.8 Å². The summed E-state index contributed by atoms with van der Waals surface area (Å²) in [6, 6.07) is 7.78. The lowest BCUT2D eigenvalue weighted by Gasteiger charge is -2.46. The summed E-state index contributed by atoms with van der Waals surface area (Å²) in [5.41, 5.74) is 8.79. The van der Waals surface area contributed by atoms with Crippen molar-refractivity contribution in [1.29, 1.82) is 0 Å². The van der Waals surface area contributed by atoms with Gasteiger partial charge < -0.3 is 29.4 Å². The highest BCUT2D eigenvalue weighted by Gasteiger charge is 2.49. The molecule has 2 N–H and O–H groups in total. The summed E-state index contributed by atoms with van der Waals surface area (Å²) in [5, 5.41) is 0. The molecule has 0 saturated carbocycles. The average Bonchev–Trinajstić information content (AvgIpc) is 2.77. The first-order valence-electron chi connectivity index (χ1n) is 10.2. The van der Waals surface area contributed by atoms with Crippen molar-refractivity contribution in [3.63, 3.8) is 0 Å². The quantitative estimate of drug-likeness (QED) is 0.684. The number of nitrogens with two attached hydrogens (primary N) is 1. The fraction of sp³-hybridized carbons (Fsp3) is 0.417. The van der Waals surface area contributed by atoms with Crippen LogP contribution in [0.2, 0.25) is 0 Å². The van der Waals surface area contributed by atoms with E-state index in [1.165, 1.54) is 0 Å². The van der Waals surface area contributed by atoms with Gasteiger partial charge in [0.2, 0.25) is 0 Å². The topological polar surface area (TPSA) is 72.2 Å². The number of thiol groups is 1. The SMILES string of the molecule is COc1cc2c(cc1OC)C1(N)Cc3ccc4c(c3OC1CO2)C=CC(C)(C)O4.CS. The number of hydrogen-bond donors (Lipinski definition) is 2. The number of methoxy groups -OCH3 is 2. The van der Waals surface area contributed by atoms with Crippen molar-refractivity contribution < 1.29 is 23.7 Å². The van der Waals surface area contributed by atoms with Crippen LogP contribution in [0.5, 0.6) is 28.7 Å². The molecule has 0 aliphatic carbocycles. The second-order valence-corrected chi connectivity index (χ2v) is 8.34. The molecule has 166 valence electrons. The van der Waals surface area contributed by atoms with Crippen molar-refractivity contribution in [1.82, 2.24) is 0 Å². The maximum Gasteiger partial charge on any atom is 0.164 e. The third-order valence-electron chi connectivity index (χ3n) is 5.96. The van der Waals surface area contributed by atoms with E-state index in [9.17, 15) is 0 Å². The van der Waals surface area contributed by atoms with Gasteiger partial charge in [-0.15, -0.1) is 0 Å². The number of hydrogen-bond acceptors (Lipinski definition) is 7. The van der Waals surface area contributed by atoms with Crippen LogP contribution in [0, 0.1) is 0 Å². The van der Waals surface area contributed by atoms with Crippen molar-refractivity contribution in [3.05, 3.63) is 47.0 Å². The Balaban J connectivity index is 0.00000112. The summed E-state index contributed by atoms with van der Waals surface area (Å²) in [7, 11) is 3.22. The Morgan fingerprint density at radius 2 is 1.77 bits per heavy atom. The van der Waals surface area contributed by atoms with Crippen LogP contribution in [0.25, 0.3) is 6.08 Å². The standard InChI is InChI=1S/C23H25NO5.CH4S/c1-22(2)8-7-14-16(29-22)6-5-13-11-23(24)15-9-18(25-3)19(26-4)10-17(15)27-12-20(23)28-21(13)14;1-2/h5-10,20H,11-12,24H2,1-4H3;2H,1H3. The zero-order valence-electron chi connectivity index (χ0n) is 18.5. The maximum atomic E-state index is 6.97. The Morgan fingerprint density at radius 3 is 2.48 bits per heavy atom. The molecule has 2 aromatic carbocycles. The minimum atomic E-state index is -0.729. The predicted octanol–water partition coefficient (Wildman–Crippen LogP) is 3.98. The summed E-state index contributed by atoms with van der Waals surface area (Å²) >= 11 is 3.53. The van der Waals surface area contributed by atoms with Crippen LogP contribution < -0.4 is 29.4 Å². The van der Waals surface area contributed by atoms with Crippen LogP contribution in [-0.2, 0) is 12.0 Å². The molecule has 31 heavy (non-hydrogen) atoms. The van der Waals surface area contributed by atoms with Gasteiger partial charge >= 0.3 is 0 Å². The highest BCUT2D eigenvalue weighted by atomic mass is 32.1. The van der Waals surface area contributed by atoms with E-state index in [0.717, 1.165) is 28.2 Å². The molecule has 3 heterocycles. The largest absolute Gasteiger partial charge is 0.493 e. The Kier molecular flexibility index (Phi) is 5.52. The molecular weight excluding hydrogens is 414 g/mol. The van der Waals surface area contributed by atoms with Gasteiger partial charge in [0.05, 0.1) is 25.3 Å². The smallest absolute Gasteiger partial charge is 0.164 e. The highest BCUT2D eigenvalue weighted by molar-refractivity contribution is 7.79. The molecule has 0 fully saturated rings. The van der Waals surface area contributed by atoms with Gasteiger partial charge in [-0.05, 0) is 50.0 Å². The number of ether oxygens (including phenoxy) is 5. The third-order valence-corrected chi connectivity index (χ3v) is 5.96. The second-order valence-electron chi connectivity index (χ2n) is 8.34.